The van der Waals surface area contributed by atoms with Crippen LogP contribution in [-0.2, 0) is 26.0 Å². The van der Waals surface area contributed by atoms with E-state index in [-0.39, 0.29) is 54.5 Å². The number of hydrogen-bond acceptors (Lipinski definition) is 8. The van der Waals surface area contributed by atoms with E-state index in [1.54, 1.807) is 29.2 Å². The second-order valence-electron chi connectivity index (χ2n) is 8.51. The van der Waals surface area contributed by atoms with Gasteiger partial charge in [-0.15, -0.1) is 10.2 Å². The molecule has 0 radical (unpaired) electrons. The van der Waals surface area contributed by atoms with Gasteiger partial charge in [-0.25, -0.2) is 13.4 Å². The average molecular weight is 492 g/mol. The molecule has 1 aromatic carbocycles. The molecule has 3 aliphatic rings. The average Bonchev–Trinajstić information content (AvgIpc) is 3.41. The van der Waals surface area contributed by atoms with Gasteiger partial charge in [-0.05, 0) is 43.5 Å². The summed E-state index contributed by atoms with van der Waals surface area (Å²) in [6.07, 6.45) is 2.40. The Morgan fingerprint density at radius 1 is 1.15 bits per heavy atom. The highest BCUT2D eigenvalue weighted by Crippen LogP contribution is 2.30. The predicted molar refractivity (Wildman–Crippen MR) is 119 cm³/mol. The van der Waals surface area contributed by atoms with Crippen molar-refractivity contribution in [3.8, 4) is 11.5 Å². The molecular weight excluding hydrogens is 470 g/mol. The highest BCUT2D eigenvalue weighted by molar-refractivity contribution is 7.91. The minimum Gasteiger partial charge on any atom is -0.419 e. The molecule has 2 aromatic rings. The van der Waals surface area contributed by atoms with E-state index in [4.69, 9.17) is 16.0 Å². The molecule has 0 N–H and O–H groups in total. The first kappa shape index (κ1) is 22.0. The highest BCUT2D eigenvalue weighted by Gasteiger charge is 2.40. The molecule has 2 amide bonds. The lowest BCUT2D eigenvalue weighted by molar-refractivity contribution is -0.134. The van der Waals surface area contributed by atoms with E-state index in [0.29, 0.717) is 23.2 Å². The monoisotopic (exact) mass is 491 g/mol. The van der Waals surface area contributed by atoms with Crippen LogP contribution in [0.2, 0.25) is 5.02 Å². The number of nitrogens with zero attached hydrogens (tertiary/aromatic N) is 5. The molecule has 0 unspecified atom stereocenters. The first-order valence-corrected chi connectivity index (χ1v) is 13.0. The molecule has 1 aliphatic carbocycles. The van der Waals surface area contributed by atoms with Crippen LogP contribution in [0.25, 0.3) is 11.5 Å². The van der Waals surface area contributed by atoms with Crippen LogP contribution in [0.4, 0.5) is 0 Å². The lowest BCUT2D eigenvalue weighted by Gasteiger charge is -2.29. The number of halogens is 1. The Morgan fingerprint density at radius 3 is 2.58 bits per heavy atom. The van der Waals surface area contributed by atoms with Crippen LogP contribution in [0.5, 0.6) is 0 Å². The first-order valence-electron chi connectivity index (χ1n) is 10.8. The summed E-state index contributed by atoms with van der Waals surface area (Å²) in [6, 6.07) is 6.53. The summed E-state index contributed by atoms with van der Waals surface area (Å²) in [4.78, 5) is 27.4. The SMILES string of the molecule is O=C(C1=NN([C@H]2CCS(=O)(=O)C2)C(=O)CC1)N(Cc1nnc(-c2ccc(Cl)cc2)o1)C1CC1. The Morgan fingerprint density at radius 2 is 1.91 bits per heavy atom. The summed E-state index contributed by atoms with van der Waals surface area (Å²) in [7, 11) is -3.18. The van der Waals surface area contributed by atoms with Gasteiger partial charge in [0.1, 0.15) is 5.71 Å². The van der Waals surface area contributed by atoms with E-state index in [9.17, 15) is 18.0 Å². The van der Waals surface area contributed by atoms with E-state index in [0.717, 1.165) is 18.4 Å². The van der Waals surface area contributed by atoms with Gasteiger partial charge in [-0.1, -0.05) is 11.6 Å². The van der Waals surface area contributed by atoms with Crippen molar-refractivity contribution in [2.45, 2.75) is 50.7 Å². The third-order valence-corrected chi connectivity index (χ3v) is 7.98. The number of amides is 2. The zero-order valence-corrected chi connectivity index (χ0v) is 19.3. The molecule has 1 saturated heterocycles. The minimum absolute atomic E-state index is 0.0293. The van der Waals surface area contributed by atoms with Crippen LogP contribution in [-0.4, -0.2) is 69.6 Å². The van der Waals surface area contributed by atoms with Crippen LogP contribution in [0.1, 0.15) is 38.0 Å². The summed E-state index contributed by atoms with van der Waals surface area (Å²) in [5, 5.41) is 14.3. The topological polar surface area (TPSA) is 126 Å². The van der Waals surface area contributed by atoms with Gasteiger partial charge in [0.15, 0.2) is 9.84 Å². The Bertz CT molecular complexity index is 1220. The second kappa shape index (κ2) is 8.53. The van der Waals surface area contributed by atoms with E-state index in [1.807, 2.05) is 0 Å². The van der Waals surface area contributed by atoms with Crippen molar-refractivity contribution in [2.24, 2.45) is 5.10 Å². The van der Waals surface area contributed by atoms with Crippen molar-refractivity contribution in [2.75, 3.05) is 11.5 Å². The standard InChI is InChI=1S/C21H22ClN5O5S/c22-14-3-1-13(2-4-14)20-24-23-18(32-20)11-26(15-5-6-15)21(29)17-7-8-19(28)27(25-17)16-9-10-33(30,31)12-16/h1-4,15-16H,5-12H2/t16-/m0/s1. The molecule has 1 saturated carbocycles. The summed E-state index contributed by atoms with van der Waals surface area (Å²) < 4.78 is 29.5. The molecule has 10 nitrogen and oxygen atoms in total. The quantitative estimate of drug-likeness (QED) is 0.605. The Hall–Kier alpha value is -2.79. The summed E-state index contributed by atoms with van der Waals surface area (Å²) in [5.74, 6) is -0.00341. The molecule has 0 spiro atoms. The van der Waals surface area contributed by atoms with Crippen molar-refractivity contribution in [1.82, 2.24) is 20.1 Å². The fourth-order valence-corrected chi connectivity index (χ4v) is 5.89. The van der Waals surface area contributed by atoms with Gasteiger partial charge in [-0.2, -0.15) is 5.10 Å². The summed E-state index contributed by atoms with van der Waals surface area (Å²) in [6.45, 7) is 0.134. The number of sulfone groups is 1. The van der Waals surface area contributed by atoms with Crippen molar-refractivity contribution in [3.63, 3.8) is 0 Å². The van der Waals surface area contributed by atoms with Crippen LogP contribution in [0.3, 0.4) is 0 Å². The van der Waals surface area contributed by atoms with E-state index >= 15 is 0 Å². The number of benzene rings is 1. The molecule has 1 atom stereocenters. The number of hydrogen-bond donors (Lipinski definition) is 0. The van der Waals surface area contributed by atoms with Crippen molar-refractivity contribution >= 4 is 39.0 Å². The molecule has 5 rings (SSSR count). The van der Waals surface area contributed by atoms with Gasteiger partial charge in [0.05, 0.1) is 24.1 Å². The van der Waals surface area contributed by atoms with Crippen molar-refractivity contribution < 1.29 is 22.4 Å². The largest absolute Gasteiger partial charge is 0.419 e. The third-order valence-electron chi connectivity index (χ3n) is 5.97. The number of rotatable bonds is 6. The first-order chi connectivity index (χ1) is 15.8. The van der Waals surface area contributed by atoms with Crippen LogP contribution in [0, 0.1) is 0 Å². The van der Waals surface area contributed by atoms with Crippen molar-refractivity contribution in [3.05, 3.63) is 35.2 Å². The molecule has 174 valence electrons. The van der Waals surface area contributed by atoms with E-state index in [1.165, 1.54) is 5.01 Å². The fraction of sp³-hybridized carbons (Fsp3) is 0.476. The molecule has 2 aliphatic heterocycles. The van der Waals surface area contributed by atoms with Crippen LogP contribution >= 0.6 is 11.6 Å². The van der Waals surface area contributed by atoms with Gasteiger partial charge in [0.25, 0.3) is 5.91 Å². The molecule has 3 heterocycles. The maximum Gasteiger partial charge on any atom is 0.270 e. The minimum atomic E-state index is -3.18. The lowest BCUT2D eigenvalue weighted by Crippen LogP contribution is -2.45. The maximum absolute atomic E-state index is 13.3. The molecule has 0 bridgehead atoms. The van der Waals surface area contributed by atoms with Gasteiger partial charge in [0, 0.05) is 29.5 Å². The smallest absolute Gasteiger partial charge is 0.270 e. The second-order valence-corrected chi connectivity index (χ2v) is 11.2. The van der Waals surface area contributed by atoms with E-state index in [2.05, 4.69) is 15.3 Å². The molecule has 1 aromatic heterocycles. The van der Waals surface area contributed by atoms with E-state index < -0.39 is 15.9 Å². The number of carbonyl (C=O) groups excluding carboxylic acids is 2. The summed E-state index contributed by atoms with van der Waals surface area (Å²) in [5.41, 5.74) is 0.975. The molecular formula is C21H22ClN5O5S. The number of carbonyl (C=O) groups is 2. The predicted octanol–water partition coefficient (Wildman–Crippen LogP) is 2.05. The van der Waals surface area contributed by atoms with Gasteiger partial charge < -0.3 is 9.32 Å². The molecule has 33 heavy (non-hydrogen) atoms. The van der Waals surface area contributed by atoms with Gasteiger partial charge >= 0.3 is 0 Å². The van der Waals surface area contributed by atoms with Crippen molar-refractivity contribution in [1.29, 1.82) is 0 Å². The Balaban J connectivity index is 1.33. The third kappa shape index (κ3) is 4.79. The highest BCUT2D eigenvalue weighted by atomic mass is 35.5. The summed E-state index contributed by atoms with van der Waals surface area (Å²) >= 11 is 5.92. The van der Waals surface area contributed by atoms with Gasteiger partial charge in [-0.3, -0.25) is 9.59 Å². The number of aromatic nitrogens is 2. The maximum atomic E-state index is 13.3. The zero-order valence-electron chi connectivity index (χ0n) is 17.7. The Kier molecular flexibility index (Phi) is 5.69. The lowest BCUT2D eigenvalue weighted by atomic mass is 10.1. The zero-order chi connectivity index (χ0) is 23.2. The normalized spacial score (nSPS) is 22.3. The number of hydrazone groups is 1. The Labute approximate surface area is 195 Å². The van der Waals surface area contributed by atoms with Crippen LogP contribution < -0.4 is 0 Å². The fourth-order valence-electron chi connectivity index (χ4n) is 4.07. The van der Waals surface area contributed by atoms with Gasteiger partial charge in [0.2, 0.25) is 17.7 Å². The van der Waals surface area contributed by atoms with Crippen LogP contribution in [0.15, 0.2) is 33.8 Å². The molecule has 12 heteroatoms. The molecule has 2 fully saturated rings.